The lowest BCUT2D eigenvalue weighted by Gasteiger charge is -2.07. The number of aromatic carboxylic acids is 1. The number of benzene rings is 1. The third kappa shape index (κ3) is 3.01. The van der Waals surface area contributed by atoms with Crippen LogP contribution in [0.15, 0.2) is 36.5 Å². The van der Waals surface area contributed by atoms with Gasteiger partial charge in [-0.15, -0.1) is 0 Å². The molecule has 98 valence electrons. The highest BCUT2D eigenvalue weighted by atomic mass is 16.5. The number of carboxylic acids is 1. The number of hydrogen-bond donors (Lipinski definition) is 2. The van der Waals surface area contributed by atoms with Gasteiger partial charge in [0.25, 0.3) is 0 Å². The second-order valence-electron chi connectivity index (χ2n) is 4.02. The summed E-state index contributed by atoms with van der Waals surface area (Å²) in [6.07, 6.45) is 2.18. The second kappa shape index (κ2) is 5.39. The number of ether oxygens (including phenoxy) is 1. The zero-order valence-electron chi connectivity index (χ0n) is 10.5. The van der Waals surface area contributed by atoms with Crippen LogP contribution in [0.2, 0.25) is 0 Å². The number of nitrogens with zero attached hydrogens (tertiary/aromatic N) is 1. The standard InChI is InChI=1S/C14H14N2O3/c1-2-9-4-3-5-10(6-9)19-13-7-11(14(17)18)12(15)8-16-13/h3-8H,2,15H2,1H3,(H,17,18). The molecule has 0 bridgehead atoms. The van der Waals surface area contributed by atoms with Crippen molar-refractivity contribution >= 4 is 11.7 Å². The first-order valence-corrected chi connectivity index (χ1v) is 5.85. The third-order valence-electron chi connectivity index (χ3n) is 2.67. The highest BCUT2D eigenvalue weighted by molar-refractivity contribution is 5.93. The van der Waals surface area contributed by atoms with Crippen molar-refractivity contribution in [1.29, 1.82) is 0 Å². The first-order valence-electron chi connectivity index (χ1n) is 5.85. The number of nitrogen functional groups attached to an aromatic ring is 1. The number of rotatable bonds is 4. The van der Waals surface area contributed by atoms with Crippen molar-refractivity contribution in [3.63, 3.8) is 0 Å². The van der Waals surface area contributed by atoms with Crippen LogP contribution >= 0.6 is 0 Å². The maximum atomic E-state index is 11.0. The maximum Gasteiger partial charge on any atom is 0.338 e. The van der Waals surface area contributed by atoms with E-state index in [2.05, 4.69) is 4.98 Å². The van der Waals surface area contributed by atoms with Crippen LogP contribution in [-0.2, 0) is 6.42 Å². The molecule has 3 N–H and O–H groups in total. The van der Waals surface area contributed by atoms with Crippen LogP contribution in [-0.4, -0.2) is 16.1 Å². The van der Waals surface area contributed by atoms with Gasteiger partial charge in [-0.25, -0.2) is 9.78 Å². The summed E-state index contributed by atoms with van der Waals surface area (Å²) in [5, 5.41) is 8.98. The molecule has 2 rings (SSSR count). The Kier molecular flexibility index (Phi) is 3.66. The fraction of sp³-hybridized carbons (Fsp3) is 0.143. The smallest absolute Gasteiger partial charge is 0.338 e. The van der Waals surface area contributed by atoms with Gasteiger partial charge in [-0.3, -0.25) is 0 Å². The number of carbonyl (C=O) groups is 1. The zero-order chi connectivity index (χ0) is 13.8. The number of nitrogens with two attached hydrogens (primary N) is 1. The quantitative estimate of drug-likeness (QED) is 0.880. The molecule has 0 saturated heterocycles. The van der Waals surface area contributed by atoms with Gasteiger partial charge in [0.1, 0.15) is 5.75 Å². The largest absolute Gasteiger partial charge is 0.478 e. The molecule has 5 heteroatoms. The summed E-state index contributed by atoms with van der Waals surface area (Å²) in [7, 11) is 0. The molecule has 0 aliphatic heterocycles. The first kappa shape index (κ1) is 12.9. The Labute approximate surface area is 110 Å². The molecular weight excluding hydrogens is 244 g/mol. The van der Waals surface area contributed by atoms with Crippen LogP contribution in [0.3, 0.4) is 0 Å². The fourth-order valence-corrected chi connectivity index (χ4v) is 1.64. The van der Waals surface area contributed by atoms with E-state index in [1.807, 2.05) is 25.1 Å². The molecule has 1 aromatic heterocycles. The molecule has 0 aliphatic carbocycles. The highest BCUT2D eigenvalue weighted by Crippen LogP contribution is 2.23. The minimum Gasteiger partial charge on any atom is -0.478 e. The number of anilines is 1. The summed E-state index contributed by atoms with van der Waals surface area (Å²) in [6, 6.07) is 8.86. The Morgan fingerprint density at radius 3 is 2.89 bits per heavy atom. The molecule has 0 unspecified atom stereocenters. The molecule has 0 saturated carbocycles. The van der Waals surface area contributed by atoms with E-state index in [-0.39, 0.29) is 17.1 Å². The monoisotopic (exact) mass is 258 g/mol. The van der Waals surface area contributed by atoms with Crippen molar-refractivity contribution in [3.8, 4) is 11.6 Å². The van der Waals surface area contributed by atoms with Crippen molar-refractivity contribution in [2.75, 3.05) is 5.73 Å². The molecule has 1 heterocycles. The van der Waals surface area contributed by atoms with Gasteiger partial charge in [-0.1, -0.05) is 19.1 Å². The molecule has 0 spiro atoms. The average Bonchev–Trinajstić information content (AvgIpc) is 2.41. The lowest BCUT2D eigenvalue weighted by atomic mass is 10.2. The first-order chi connectivity index (χ1) is 9.10. The van der Waals surface area contributed by atoms with Crippen LogP contribution in [0.5, 0.6) is 11.6 Å². The van der Waals surface area contributed by atoms with Crippen LogP contribution < -0.4 is 10.5 Å². The molecule has 0 atom stereocenters. The van der Waals surface area contributed by atoms with Crippen molar-refractivity contribution in [1.82, 2.24) is 4.98 Å². The Balaban J connectivity index is 2.28. The van der Waals surface area contributed by atoms with Crippen LogP contribution in [0.25, 0.3) is 0 Å². The number of aromatic nitrogens is 1. The van der Waals surface area contributed by atoms with Gasteiger partial charge in [-0.2, -0.15) is 0 Å². The summed E-state index contributed by atoms with van der Waals surface area (Å²) in [4.78, 5) is 14.9. The molecule has 5 nitrogen and oxygen atoms in total. The van der Waals surface area contributed by atoms with E-state index in [4.69, 9.17) is 15.6 Å². The van der Waals surface area contributed by atoms with Gasteiger partial charge in [0, 0.05) is 6.07 Å². The van der Waals surface area contributed by atoms with E-state index in [9.17, 15) is 4.79 Å². The van der Waals surface area contributed by atoms with E-state index >= 15 is 0 Å². The lowest BCUT2D eigenvalue weighted by molar-refractivity contribution is 0.0697. The summed E-state index contributed by atoms with van der Waals surface area (Å²) in [6.45, 7) is 2.04. The van der Waals surface area contributed by atoms with E-state index in [1.54, 1.807) is 6.07 Å². The van der Waals surface area contributed by atoms with Crippen molar-refractivity contribution in [2.24, 2.45) is 0 Å². The minimum atomic E-state index is -1.10. The Morgan fingerprint density at radius 1 is 1.42 bits per heavy atom. The van der Waals surface area contributed by atoms with Gasteiger partial charge >= 0.3 is 5.97 Å². The predicted molar refractivity (Wildman–Crippen MR) is 71.5 cm³/mol. The number of carboxylic acid groups (broad SMARTS) is 1. The molecular formula is C14H14N2O3. The van der Waals surface area contributed by atoms with E-state index in [1.165, 1.54) is 12.3 Å². The SMILES string of the molecule is CCc1cccc(Oc2cc(C(=O)O)c(N)cn2)c1. The minimum absolute atomic E-state index is 0.0170. The summed E-state index contributed by atoms with van der Waals surface area (Å²) >= 11 is 0. The molecule has 19 heavy (non-hydrogen) atoms. The van der Waals surface area contributed by atoms with Crippen molar-refractivity contribution < 1.29 is 14.6 Å². The third-order valence-corrected chi connectivity index (χ3v) is 2.67. The zero-order valence-corrected chi connectivity index (χ0v) is 10.5. The second-order valence-corrected chi connectivity index (χ2v) is 4.02. The van der Waals surface area contributed by atoms with Gasteiger partial charge in [-0.05, 0) is 24.1 Å². The Bertz CT molecular complexity index is 611. The lowest BCUT2D eigenvalue weighted by Crippen LogP contribution is -2.03. The molecule has 2 aromatic rings. The fourth-order valence-electron chi connectivity index (χ4n) is 1.64. The van der Waals surface area contributed by atoms with Crippen LogP contribution in [0.1, 0.15) is 22.8 Å². The molecule has 0 amide bonds. The topological polar surface area (TPSA) is 85.4 Å². The Hall–Kier alpha value is -2.56. The Morgan fingerprint density at radius 2 is 2.21 bits per heavy atom. The van der Waals surface area contributed by atoms with Gasteiger partial charge < -0.3 is 15.6 Å². The summed E-state index contributed by atoms with van der Waals surface area (Å²) < 4.78 is 5.54. The highest BCUT2D eigenvalue weighted by Gasteiger charge is 2.10. The van der Waals surface area contributed by atoms with Gasteiger partial charge in [0.15, 0.2) is 0 Å². The molecule has 0 aliphatic rings. The summed E-state index contributed by atoms with van der Waals surface area (Å²) in [5.41, 5.74) is 6.76. The van der Waals surface area contributed by atoms with Crippen LogP contribution in [0.4, 0.5) is 5.69 Å². The number of hydrogen-bond acceptors (Lipinski definition) is 4. The summed E-state index contributed by atoms with van der Waals surface area (Å²) in [5.74, 6) is -0.278. The maximum absolute atomic E-state index is 11.0. The predicted octanol–water partition coefficient (Wildman–Crippen LogP) is 2.72. The average molecular weight is 258 g/mol. The number of aryl methyl sites for hydroxylation is 1. The molecule has 0 radical (unpaired) electrons. The van der Waals surface area contributed by atoms with Gasteiger partial charge in [0.05, 0.1) is 17.4 Å². The van der Waals surface area contributed by atoms with Crippen molar-refractivity contribution in [3.05, 3.63) is 47.7 Å². The molecule has 0 fully saturated rings. The van der Waals surface area contributed by atoms with E-state index in [0.29, 0.717) is 5.75 Å². The van der Waals surface area contributed by atoms with Crippen molar-refractivity contribution in [2.45, 2.75) is 13.3 Å². The van der Waals surface area contributed by atoms with E-state index < -0.39 is 5.97 Å². The van der Waals surface area contributed by atoms with Crippen LogP contribution in [0, 0.1) is 0 Å². The van der Waals surface area contributed by atoms with Gasteiger partial charge in [0.2, 0.25) is 5.88 Å². The normalized spacial score (nSPS) is 10.2. The molecule has 1 aromatic carbocycles. The number of pyridine rings is 1. The van der Waals surface area contributed by atoms with E-state index in [0.717, 1.165) is 12.0 Å².